The number of halogens is 2. The third-order valence-corrected chi connectivity index (χ3v) is 7.72. The Morgan fingerprint density at radius 1 is 1.05 bits per heavy atom. The van der Waals surface area contributed by atoms with E-state index in [9.17, 15) is 4.39 Å². The predicted molar refractivity (Wildman–Crippen MR) is 150 cm³/mol. The third-order valence-electron chi connectivity index (χ3n) is 6.27. The average Bonchev–Trinajstić information content (AvgIpc) is 3.40. The smallest absolute Gasteiger partial charge is 0.165 e. The number of thiophene rings is 1. The van der Waals surface area contributed by atoms with Gasteiger partial charge in [0.25, 0.3) is 0 Å². The number of morpholine rings is 1. The highest BCUT2D eigenvalue weighted by molar-refractivity contribution is 7.15. The van der Waals surface area contributed by atoms with Crippen LogP contribution in [0.2, 0.25) is 5.02 Å². The molecule has 3 aromatic carbocycles. The van der Waals surface area contributed by atoms with E-state index in [4.69, 9.17) is 21.1 Å². The maximum atomic E-state index is 14.0. The molecule has 0 bridgehead atoms. The first-order valence-electron chi connectivity index (χ1n) is 12.3. The quantitative estimate of drug-likeness (QED) is 0.225. The van der Waals surface area contributed by atoms with E-state index in [1.807, 2.05) is 12.1 Å². The molecule has 0 spiro atoms. The normalized spacial score (nSPS) is 15.5. The summed E-state index contributed by atoms with van der Waals surface area (Å²) in [6.07, 6.45) is 2.65. The summed E-state index contributed by atoms with van der Waals surface area (Å²) in [5.41, 5.74) is 2.65. The molecule has 1 aliphatic rings. The van der Waals surface area contributed by atoms with Gasteiger partial charge in [-0.2, -0.15) is 0 Å². The van der Waals surface area contributed by atoms with Crippen LogP contribution in [0.25, 0.3) is 21.3 Å². The average molecular weight is 547 g/mol. The molecule has 2 aromatic heterocycles. The SMILES string of the molecule is Fc1ccccc1Oc1ccc(Nc2ncnc3ccc(-c4ccc(CC5CNCCO5)s4)cc23)cc1Cl. The molecular formula is C29H24ClFN4O2S. The number of anilines is 2. The summed E-state index contributed by atoms with van der Waals surface area (Å²) in [7, 11) is 0. The first-order valence-corrected chi connectivity index (χ1v) is 13.5. The molecule has 1 atom stereocenters. The van der Waals surface area contributed by atoms with Gasteiger partial charge in [-0.25, -0.2) is 14.4 Å². The van der Waals surface area contributed by atoms with Gasteiger partial charge in [0.1, 0.15) is 17.9 Å². The zero-order valence-electron chi connectivity index (χ0n) is 20.3. The molecule has 192 valence electrons. The minimum absolute atomic E-state index is 0.115. The van der Waals surface area contributed by atoms with Crippen LogP contribution in [0.3, 0.4) is 0 Å². The van der Waals surface area contributed by atoms with Gasteiger partial charge in [0.15, 0.2) is 11.6 Å². The number of nitrogens with one attached hydrogen (secondary N) is 2. The van der Waals surface area contributed by atoms with E-state index < -0.39 is 5.82 Å². The van der Waals surface area contributed by atoms with Crippen LogP contribution >= 0.6 is 22.9 Å². The number of nitrogens with zero attached hydrogens (tertiary/aromatic N) is 2. The number of ether oxygens (including phenoxy) is 2. The van der Waals surface area contributed by atoms with Crippen LogP contribution in [0.1, 0.15) is 4.88 Å². The Hall–Kier alpha value is -3.56. The van der Waals surface area contributed by atoms with Gasteiger partial charge in [0, 0.05) is 40.3 Å². The van der Waals surface area contributed by atoms with Gasteiger partial charge in [0.05, 0.1) is 23.3 Å². The largest absolute Gasteiger partial charge is 0.453 e. The predicted octanol–water partition coefficient (Wildman–Crippen LogP) is 7.22. The molecule has 1 saturated heterocycles. The van der Waals surface area contributed by atoms with Gasteiger partial charge < -0.3 is 20.1 Å². The van der Waals surface area contributed by atoms with Crippen molar-refractivity contribution in [2.75, 3.05) is 25.0 Å². The molecule has 5 aromatic rings. The van der Waals surface area contributed by atoms with Crippen LogP contribution in [0.5, 0.6) is 11.5 Å². The molecule has 0 saturated carbocycles. The Labute approximate surface area is 228 Å². The molecule has 2 N–H and O–H groups in total. The van der Waals surface area contributed by atoms with Crippen LogP contribution in [-0.2, 0) is 11.2 Å². The highest BCUT2D eigenvalue weighted by atomic mass is 35.5. The lowest BCUT2D eigenvalue weighted by Crippen LogP contribution is -2.39. The molecule has 0 radical (unpaired) electrons. The molecule has 6 nitrogen and oxygen atoms in total. The van der Waals surface area contributed by atoms with Crippen LogP contribution in [0, 0.1) is 5.82 Å². The Morgan fingerprint density at radius 3 is 2.82 bits per heavy atom. The van der Waals surface area contributed by atoms with Crippen molar-refractivity contribution in [1.82, 2.24) is 15.3 Å². The highest BCUT2D eigenvalue weighted by Gasteiger charge is 2.16. The lowest BCUT2D eigenvalue weighted by molar-refractivity contribution is 0.0297. The van der Waals surface area contributed by atoms with E-state index in [0.717, 1.165) is 48.3 Å². The van der Waals surface area contributed by atoms with Crippen LogP contribution < -0.4 is 15.4 Å². The van der Waals surface area contributed by atoms with Crippen LogP contribution in [0.4, 0.5) is 15.9 Å². The van der Waals surface area contributed by atoms with Crippen molar-refractivity contribution in [3.05, 3.63) is 94.8 Å². The molecular weight excluding hydrogens is 523 g/mol. The lowest BCUT2D eigenvalue weighted by Gasteiger charge is -2.22. The van der Waals surface area contributed by atoms with E-state index in [2.05, 4.69) is 44.9 Å². The van der Waals surface area contributed by atoms with E-state index in [0.29, 0.717) is 16.6 Å². The van der Waals surface area contributed by atoms with Gasteiger partial charge in [0.2, 0.25) is 0 Å². The van der Waals surface area contributed by atoms with Gasteiger partial charge in [-0.3, -0.25) is 0 Å². The van der Waals surface area contributed by atoms with Crippen molar-refractivity contribution in [1.29, 1.82) is 0 Å². The molecule has 9 heteroatoms. The molecule has 0 aliphatic carbocycles. The second-order valence-corrected chi connectivity index (χ2v) is 10.5. The molecule has 3 heterocycles. The van der Waals surface area contributed by atoms with E-state index >= 15 is 0 Å². The number of hydrogen-bond donors (Lipinski definition) is 2. The minimum atomic E-state index is -0.453. The van der Waals surface area contributed by atoms with E-state index in [1.54, 1.807) is 41.7 Å². The second kappa shape index (κ2) is 11.0. The summed E-state index contributed by atoms with van der Waals surface area (Å²) in [6, 6.07) is 22.0. The third kappa shape index (κ3) is 5.49. The number of fused-ring (bicyclic) bond motifs is 1. The number of benzene rings is 3. The molecule has 38 heavy (non-hydrogen) atoms. The maximum absolute atomic E-state index is 14.0. The summed E-state index contributed by atoms with van der Waals surface area (Å²) in [5, 5.41) is 7.97. The Morgan fingerprint density at radius 2 is 1.97 bits per heavy atom. The molecule has 1 unspecified atom stereocenters. The number of hydrogen-bond acceptors (Lipinski definition) is 7. The van der Waals surface area contributed by atoms with Crippen molar-refractivity contribution in [3.63, 3.8) is 0 Å². The van der Waals surface area contributed by atoms with Crippen molar-refractivity contribution >= 4 is 45.3 Å². The second-order valence-electron chi connectivity index (χ2n) is 8.92. The highest BCUT2D eigenvalue weighted by Crippen LogP contribution is 2.36. The van der Waals surface area contributed by atoms with Crippen LogP contribution in [-0.4, -0.2) is 35.8 Å². The van der Waals surface area contributed by atoms with Crippen molar-refractivity contribution in [2.24, 2.45) is 0 Å². The zero-order chi connectivity index (χ0) is 25.9. The summed E-state index contributed by atoms with van der Waals surface area (Å²) in [5.74, 6) is 0.685. The molecule has 6 rings (SSSR count). The van der Waals surface area contributed by atoms with E-state index in [1.165, 1.54) is 22.1 Å². The van der Waals surface area contributed by atoms with Crippen molar-refractivity contribution < 1.29 is 13.9 Å². The van der Waals surface area contributed by atoms with E-state index in [-0.39, 0.29) is 11.9 Å². The van der Waals surface area contributed by atoms with Crippen molar-refractivity contribution in [3.8, 4) is 21.9 Å². The van der Waals surface area contributed by atoms with Gasteiger partial charge in [-0.1, -0.05) is 29.8 Å². The Bertz CT molecular complexity index is 1590. The monoisotopic (exact) mass is 546 g/mol. The van der Waals surface area contributed by atoms with Crippen LogP contribution in [0.15, 0.2) is 79.1 Å². The first kappa shape index (κ1) is 24.8. The number of rotatable bonds is 7. The maximum Gasteiger partial charge on any atom is 0.165 e. The molecule has 1 fully saturated rings. The van der Waals surface area contributed by atoms with Gasteiger partial charge >= 0.3 is 0 Å². The number of para-hydroxylation sites is 1. The summed E-state index contributed by atoms with van der Waals surface area (Å²) >= 11 is 8.24. The zero-order valence-corrected chi connectivity index (χ0v) is 21.9. The fraction of sp³-hybridized carbons (Fsp3) is 0.172. The fourth-order valence-corrected chi connectivity index (χ4v) is 5.66. The topological polar surface area (TPSA) is 68.3 Å². The van der Waals surface area contributed by atoms with Gasteiger partial charge in [-0.05, 0) is 60.2 Å². The Balaban J connectivity index is 1.23. The van der Waals surface area contributed by atoms with Gasteiger partial charge in [-0.15, -0.1) is 11.3 Å². The lowest BCUT2D eigenvalue weighted by atomic mass is 10.1. The minimum Gasteiger partial charge on any atom is -0.453 e. The molecule has 0 amide bonds. The summed E-state index contributed by atoms with van der Waals surface area (Å²) in [6.45, 7) is 2.56. The fourth-order valence-electron chi connectivity index (χ4n) is 4.37. The Kier molecular flexibility index (Phi) is 7.20. The standard InChI is InChI=1S/C29H24ClFN4O2S/c30-23-14-19(6-9-26(23)37-27-4-2-1-3-24(27)31)35-29-22-13-18(5-8-25(22)33-17-34-29)28-10-7-21(38-28)15-20-16-32-11-12-36-20/h1-10,13-14,17,20,32H,11-12,15-16H2,(H,33,34,35). The molecule has 1 aliphatic heterocycles. The number of aromatic nitrogens is 2. The van der Waals surface area contributed by atoms with Crippen molar-refractivity contribution in [2.45, 2.75) is 12.5 Å². The summed E-state index contributed by atoms with van der Waals surface area (Å²) in [4.78, 5) is 11.4. The first-order chi connectivity index (χ1) is 18.6. The summed E-state index contributed by atoms with van der Waals surface area (Å²) < 4.78 is 25.5.